The summed E-state index contributed by atoms with van der Waals surface area (Å²) in [6, 6.07) is 31.9. The number of carbonyl (C=O) groups excluding carboxylic acids is 2. The number of thioether (sulfide) groups is 1. The van der Waals surface area contributed by atoms with Crippen LogP contribution in [0.2, 0.25) is 0 Å². The Kier molecular flexibility index (Phi) is 10.7. The number of aryl methyl sites for hydroxylation is 1. The Hall–Kier alpha value is -5.93. The van der Waals surface area contributed by atoms with E-state index in [1.165, 1.54) is 17.1 Å². The van der Waals surface area contributed by atoms with Crippen molar-refractivity contribution in [1.29, 1.82) is 0 Å². The predicted octanol–water partition coefficient (Wildman–Crippen LogP) is 5.83. The molecule has 0 aliphatic carbocycles. The number of aliphatic carboxylic acids is 1. The number of aromatic nitrogens is 2. The number of oxime groups is 1. The zero-order valence-corrected chi connectivity index (χ0v) is 31.2. The average Bonchev–Trinajstić information content (AvgIpc) is 3.66. The SMILES string of the molecule is Cc1ccc[n+](CC2=C(C(=O)O)N3C(=O)C(NC(=O)C(=NOC(F)F)c4csc(NC(c5ccccc5)(c5ccccc5)c5ccccc5)n4)[C@@H]3SC2)c1C. The Bertz CT molecular complexity index is 2190. The van der Waals surface area contributed by atoms with Gasteiger partial charge < -0.3 is 20.6 Å². The summed E-state index contributed by atoms with van der Waals surface area (Å²) in [4.78, 5) is 49.9. The molecule has 7 rings (SSSR count). The van der Waals surface area contributed by atoms with Crippen LogP contribution in [-0.4, -0.2) is 62.3 Å². The zero-order chi connectivity index (χ0) is 38.7. The summed E-state index contributed by atoms with van der Waals surface area (Å²) in [5.74, 6) is -2.63. The van der Waals surface area contributed by atoms with E-state index < -0.39 is 47.1 Å². The fourth-order valence-corrected chi connectivity index (χ4v) is 8.91. The minimum absolute atomic E-state index is 0.0763. The molecule has 11 nitrogen and oxygen atoms in total. The largest absolute Gasteiger partial charge is 0.477 e. The van der Waals surface area contributed by atoms with Crippen molar-refractivity contribution in [1.82, 2.24) is 15.2 Å². The van der Waals surface area contributed by atoms with E-state index in [9.17, 15) is 28.3 Å². The van der Waals surface area contributed by atoms with E-state index in [-0.39, 0.29) is 23.7 Å². The van der Waals surface area contributed by atoms with Crippen LogP contribution in [0.5, 0.6) is 0 Å². The van der Waals surface area contributed by atoms with Gasteiger partial charge in [0.05, 0.1) is 0 Å². The Morgan fingerprint density at radius 2 is 1.58 bits per heavy atom. The molecule has 0 bridgehead atoms. The van der Waals surface area contributed by atoms with Crippen molar-refractivity contribution in [2.75, 3.05) is 11.1 Å². The van der Waals surface area contributed by atoms with Crippen LogP contribution in [0.1, 0.15) is 33.6 Å². The van der Waals surface area contributed by atoms with E-state index in [4.69, 9.17) is 0 Å². The third kappa shape index (κ3) is 7.32. The van der Waals surface area contributed by atoms with Crippen LogP contribution in [0.4, 0.5) is 13.9 Å². The molecule has 2 aromatic heterocycles. The minimum atomic E-state index is -3.34. The first-order valence-electron chi connectivity index (χ1n) is 17.2. The number of benzene rings is 3. The molecule has 280 valence electrons. The van der Waals surface area contributed by atoms with Gasteiger partial charge in [-0.3, -0.25) is 14.5 Å². The number of nitrogens with one attached hydrogen (secondary N) is 2. The second-order valence-corrected chi connectivity index (χ2v) is 14.8. The molecule has 0 radical (unpaired) electrons. The van der Waals surface area contributed by atoms with Crippen LogP contribution in [0.25, 0.3) is 0 Å². The van der Waals surface area contributed by atoms with Gasteiger partial charge in [-0.25, -0.2) is 9.78 Å². The number of anilines is 1. The number of pyridine rings is 1. The van der Waals surface area contributed by atoms with Gasteiger partial charge in [0.2, 0.25) is 0 Å². The molecular formula is C40H35F2N6O5S2+. The quantitative estimate of drug-likeness (QED) is 0.0447. The summed E-state index contributed by atoms with van der Waals surface area (Å²) >= 11 is 2.42. The normalized spacial score (nSPS) is 17.1. The molecule has 1 unspecified atom stereocenters. The summed E-state index contributed by atoms with van der Waals surface area (Å²) in [5.41, 5.74) is 3.42. The second kappa shape index (κ2) is 15.8. The smallest absolute Gasteiger partial charge is 0.407 e. The lowest BCUT2D eigenvalue weighted by Crippen LogP contribution is -2.71. The summed E-state index contributed by atoms with van der Waals surface area (Å²) in [5, 5.41) is 20.9. The van der Waals surface area contributed by atoms with E-state index >= 15 is 0 Å². The number of nitrogens with zero attached hydrogens (tertiary/aromatic N) is 4. The van der Waals surface area contributed by atoms with Gasteiger partial charge in [0.15, 0.2) is 29.3 Å². The number of thiazole rings is 1. The number of amides is 2. The van der Waals surface area contributed by atoms with Gasteiger partial charge in [0, 0.05) is 35.3 Å². The molecule has 15 heteroatoms. The number of fused-ring (bicyclic) bond motifs is 1. The van der Waals surface area contributed by atoms with Gasteiger partial charge in [-0.15, -0.1) is 23.1 Å². The third-order valence-electron chi connectivity index (χ3n) is 9.61. The van der Waals surface area contributed by atoms with Crippen molar-refractivity contribution in [3.8, 4) is 0 Å². The van der Waals surface area contributed by atoms with E-state index in [0.717, 1.165) is 44.2 Å². The molecule has 55 heavy (non-hydrogen) atoms. The summed E-state index contributed by atoms with van der Waals surface area (Å²) in [7, 11) is 0. The van der Waals surface area contributed by atoms with E-state index in [1.54, 1.807) is 0 Å². The molecular weight excluding hydrogens is 747 g/mol. The third-order valence-corrected chi connectivity index (χ3v) is 11.7. The van der Waals surface area contributed by atoms with Crippen molar-refractivity contribution in [2.24, 2.45) is 5.16 Å². The fraction of sp³-hybridized carbons (Fsp3) is 0.200. The lowest BCUT2D eigenvalue weighted by Gasteiger charge is -2.49. The number of hydrogen-bond donors (Lipinski definition) is 3. The first-order valence-corrected chi connectivity index (χ1v) is 19.1. The van der Waals surface area contributed by atoms with E-state index in [2.05, 4.69) is 25.6 Å². The topological polar surface area (TPSA) is 137 Å². The number of alkyl halides is 2. The summed E-state index contributed by atoms with van der Waals surface area (Å²) < 4.78 is 28.6. The zero-order valence-electron chi connectivity index (χ0n) is 29.6. The Balaban J connectivity index is 1.17. The van der Waals surface area contributed by atoms with Crippen molar-refractivity contribution in [3.63, 3.8) is 0 Å². The van der Waals surface area contributed by atoms with Crippen LogP contribution in [0.3, 0.4) is 0 Å². The molecule has 3 N–H and O–H groups in total. The van der Waals surface area contributed by atoms with Crippen molar-refractivity contribution in [2.45, 2.75) is 44.0 Å². The molecule has 4 heterocycles. The number of halogens is 2. The van der Waals surface area contributed by atoms with Crippen LogP contribution in [-0.2, 0) is 31.3 Å². The lowest BCUT2D eigenvalue weighted by atomic mass is 9.77. The maximum atomic E-state index is 13.8. The Morgan fingerprint density at radius 1 is 0.982 bits per heavy atom. The van der Waals surface area contributed by atoms with Crippen LogP contribution in [0, 0.1) is 13.8 Å². The van der Waals surface area contributed by atoms with Gasteiger partial charge in [-0.1, -0.05) is 96.2 Å². The number of hydrogen-bond acceptors (Lipinski definition) is 9. The van der Waals surface area contributed by atoms with Crippen molar-refractivity contribution >= 4 is 51.7 Å². The lowest BCUT2D eigenvalue weighted by molar-refractivity contribution is -0.695. The van der Waals surface area contributed by atoms with Gasteiger partial charge in [-0.2, -0.15) is 13.3 Å². The molecule has 2 aliphatic heterocycles. The highest BCUT2D eigenvalue weighted by Gasteiger charge is 2.55. The van der Waals surface area contributed by atoms with Gasteiger partial charge in [-0.05, 0) is 29.7 Å². The number of carbonyl (C=O) groups is 3. The Morgan fingerprint density at radius 3 is 2.15 bits per heavy atom. The standard InChI is InChI=1S/C40H34F2N6O5S2/c1-24-13-12-20-47(25(24)2)21-26-22-54-36-32(35(50)48(36)33(26)37(51)52)44-34(49)31(46-53-38(41)42)30-23-55-39(43-30)45-40(27-14-6-3-7-15-27,28-16-8-4-9-17-28)29-18-10-5-11-19-29/h3-20,23,32,36,38H,21-22H2,1-2H3,(H2-,43,44,45,49,51,52)/p+1/t32?,36-/m0/s1. The van der Waals surface area contributed by atoms with Gasteiger partial charge in [0.1, 0.15) is 28.3 Å². The number of β-lactam (4-membered cyclic amide) rings is 1. The molecule has 1 saturated heterocycles. The maximum absolute atomic E-state index is 13.8. The molecule has 2 amide bonds. The number of carboxylic acids is 1. The molecule has 1 fully saturated rings. The molecule has 5 aromatic rings. The van der Waals surface area contributed by atoms with Crippen LogP contribution in [0.15, 0.2) is 131 Å². The molecule has 2 atom stereocenters. The fourth-order valence-electron chi connectivity index (χ4n) is 6.82. The molecule has 0 saturated carbocycles. The molecule has 2 aliphatic rings. The Labute approximate surface area is 323 Å². The van der Waals surface area contributed by atoms with Gasteiger partial charge >= 0.3 is 12.6 Å². The van der Waals surface area contributed by atoms with Crippen molar-refractivity contribution in [3.05, 3.63) is 160 Å². The number of rotatable bonds is 13. The average molecular weight is 782 g/mol. The highest BCUT2D eigenvalue weighted by Crippen LogP contribution is 2.42. The van der Waals surface area contributed by atoms with Crippen molar-refractivity contribution < 1.29 is 37.7 Å². The predicted molar refractivity (Wildman–Crippen MR) is 204 cm³/mol. The minimum Gasteiger partial charge on any atom is -0.477 e. The maximum Gasteiger partial charge on any atom is 0.407 e. The first-order chi connectivity index (χ1) is 26.6. The molecule has 3 aromatic carbocycles. The van der Waals surface area contributed by atoms with E-state index in [0.29, 0.717) is 10.7 Å². The summed E-state index contributed by atoms with van der Waals surface area (Å²) in [6.07, 6.45) is 1.85. The van der Waals surface area contributed by atoms with Crippen LogP contribution >= 0.6 is 23.1 Å². The first kappa shape index (κ1) is 37.4. The van der Waals surface area contributed by atoms with Gasteiger partial charge in [0.25, 0.3) is 11.8 Å². The molecule has 0 spiro atoms. The highest BCUT2D eigenvalue weighted by atomic mass is 32.2. The monoisotopic (exact) mass is 781 g/mol. The van der Waals surface area contributed by atoms with E-state index in [1.807, 2.05) is 128 Å². The van der Waals surface area contributed by atoms with Crippen LogP contribution < -0.4 is 15.2 Å². The highest BCUT2D eigenvalue weighted by molar-refractivity contribution is 8.00. The summed E-state index contributed by atoms with van der Waals surface area (Å²) in [6.45, 7) is 0.806. The second-order valence-electron chi connectivity index (χ2n) is 12.8. The number of carboxylic acid groups (broad SMARTS) is 1.